The predicted molar refractivity (Wildman–Crippen MR) is 103 cm³/mol. The summed E-state index contributed by atoms with van der Waals surface area (Å²) in [6, 6.07) is 11.5. The van der Waals surface area contributed by atoms with Gasteiger partial charge in [-0.2, -0.15) is 0 Å². The average molecular weight is 347 g/mol. The first-order chi connectivity index (χ1) is 12.8. The molecule has 2 aromatic heterocycles. The lowest BCUT2D eigenvalue weighted by Gasteiger charge is -2.12. The molecule has 0 saturated heterocycles. The molecule has 0 bridgehead atoms. The number of para-hydroxylation sites is 1. The molecular formula is C21H21N3O2. The number of carbonyl (C=O) groups excluding carboxylic acids is 1. The fourth-order valence-electron chi connectivity index (χ4n) is 3.46. The number of fused-ring (bicyclic) bond motifs is 1. The number of nitrogens with zero attached hydrogens (tertiary/aromatic N) is 2. The Balaban J connectivity index is 1.74. The molecule has 4 rings (SSSR count). The minimum absolute atomic E-state index is 0.00767. The topological polar surface area (TPSA) is 56.1 Å². The maximum atomic E-state index is 13.0. The maximum Gasteiger partial charge on any atom is 0.235 e. The number of aromatic nitrogens is 2. The Hall–Kier alpha value is -2.92. The summed E-state index contributed by atoms with van der Waals surface area (Å²) in [5.41, 5.74) is 4.91. The standard InChI is InChI=1S/C21H21N3O2/c1-26-19-7-3-2-5-16(19)13-20(25)24-14-17(15-8-11-22-12-9-15)21-18(24)6-4-10-23-21/h2-8,10,14,22H,9,11-13H2,1H3. The lowest BCUT2D eigenvalue weighted by molar-refractivity contribution is 0.0918. The van der Waals surface area contributed by atoms with E-state index in [2.05, 4.69) is 16.4 Å². The maximum absolute atomic E-state index is 13.0. The number of carbonyl (C=O) groups is 1. The van der Waals surface area contributed by atoms with Crippen LogP contribution in [0.15, 0.2) is 54.9 Å². The van der Waals surface area contributed by atoms with Crippen LogP contribution in [-0.2, 0) is 6.42 Å². The van der Waals surface area contributed by atoms with Gasteiger partial charge in [0.25, 0.3) is 0 Å². The van der Waals surface area contributed by atoms with Crippen LogP contribution in [-0.4, -0.2) is 35.7 Å². The van der Waals surface area contributed by atoms with Crippen molar-refractivity contribution < 1.29 is 9.53 Å². The summed E-state index contributed by atoms with van der Waals surface area (Å²) in [4.78, 5) is 17.6. The molecule has 0 atom stereocenters. The van der Waals surface area contributed by atoms with Gasteiger partial charge in [-0.25, -0.2) is 0 Å². The molecule has 1 N–H and O–H groups in total. The number of hydrogen-bond acceptors (Lipinski definition) is 4. The van der Waals surface area contributed by atoms with Gasteiger partial charge in [0.2, 0.25) is 5.91 Å². The van der Waals surface area contributed by atoms with Crippen molar-refractivity contribution in [1.82, 2.24) is 14.9 Å². The Kier molecular flexibility index (Phi) is 4.54. The van der Waals surface area contributed by atoms with Gasteiger partial charge in [0.1, 0.15) is 5.75 Å². The third-order valence-corrected chi connectivity index (χ3v) is 4.77. The highest BCUT2D eigenvalue weighted by Gasteiger charge is 2.19. The first-order valence-corrected chi connectivity index (χ1v) is 8.79. The van der Waals surface area contributed by atoms with Gasteiger partial charge in [0.05, 0.1) is 24.6 Å². The first kappa shape index (κ1) is 16.5. The van der Waals surface area contributed by atoms with Crippen LogP contribution in [0.4, 0.5) is 0 Å². The van der Waals surface area contributed by atoms with Crippen LogP contribution in [0.25, 0.3) is 16.6 Å². The molecule has 0 saturated carbocycles. The van der Waals surface area contributed by atoms with Crippen LogP contribution in [0.3, 0.4) is 0 Å². The molecule has 132 valence electrons. The van der Waals surface area contributed by atoms with E-state index in [0.29, 0.717) is 0 Å². The molecule has 0 amide bonds. The highest BCUT2D eigenvalue weighted by Crippen LogP contribution is 2.29. The number of rotatable bonds is 4. The molecule has 1 aliphatic rings. The fraction of sp³-hybridized carbons (Fsp3) is 0.238. The highest BCUT2D eigenvalue weighted by molar-refractivity contribution is 5.98. The summed E-state index contributed by atoms with van der Waals surface area (Å²) in [6.07, 6.45) is 7.12. The fourth-order valence-corrected chi connectivity index (χ4v) is 3.46. The number of methoxy groups -OCH3 is 1. The smallest absolute Gasteiger partial charge is 0.235 e. The van der Waals surface area contributed by atoms with Crippen LogP contribution in [0, 0.1) is 0 Å². The zero-order valence-corrected chi connectivity index (χ0v) is 14.7. The van der Waals surface area contributed by atoms with Crippen LogP contribution in [0.2, 0.25) is 0 Å². The summed E-state index contributed by atoms with van der Waals surface area (Å²) >= 11 is 0. The van der Waals surface area contributed by atoms with E-state index in [9.17, 15) is 4.79 Å². The lowest BCUT2D eigenvalue weighted by Crippen LogP contribution is -2.20. The zero-order valence-electron chi connectivity index (χ0n) is 14.7. The van der Waals surface area contributed by atoms with Crippen LogP contribution in [0.1, 0.15) is 22.3 Å². The van der Waals surface area contributed by atoms with Crippen molar-refractivity contribution in [2.45, 2.75) is 12.8 Å². The van der Waals surface area contributed by atoms with E-state index < -0.39 is 0 Å². The van der Waals surface area contributed by atoms with Crippen molar-refractivity contribution >= 4 is 22.5 Å². The van der Waals surface area contributed by atoms with E-state index >= 15 is 0 Å². The van der Waals surface area contributed by atoms with E-state index in [0.717, 1.165) is 47.4 Å². The summed E-state index contributed by atoms with van der Waals surface area (Å²) in [7, 11) is 1.62. The second-order valence-electron chi connectivity index (χ2n) is 6.35. The van der Waals surface area contributed by atoms with E-state index in [4.69, 9.17) is 4.74 Å². The second-order valence-corrected chi connectivity index (χ2v) is 6.35. The molecule has 5 nitrogen and oxygen atoms in total. The van der Waals surface area contributed by atoms with Gasteiger partial charge in [-0.15, -0.1) is 0 Å². The van der Waals surface area contributed by atoms with Gasteiger partial charge in [-0.05, 0) is 36.7 Å². The number of ether oxygens (including phenoxy) is 1. The summed E-state index contributed by atoms with van der Waals surface area (Å²) in [6.45, 7) is 1.80. The Morgan fingerprint density at radius 1 is 1.27 bits per heavy atom. The monoisotopic (exact) mass is 347 g/mol. The number of benzene rings is 1. The SMILES string of the molecule is COc1ccccc1CC(=O)n1cc(C2=CCNCC2)c2ncccc21. The molecule has 0 spiro atoms. The van der Waals surface area contributed by atoms with E-state index in [1.54, 1.807) is 17.9 Å². The molecular weight excluding hydrogens is 326 g/mol. The molecule has 0 aliphatic carbocycles. The second kappa shape index (κ2) is 7.14. The highest BCUT2D eigenvalue weighted by atomic mass is 16.5. The molecule has 0 fully saturated rings. The number of hydrogen-bond donors (Lipinski definition) is 1. The Morgan fingerprint density at radius 2 is 2.15 bits per heavy atom. The molecule has 3 aromatic rings. The molecule has 5 heteroatoms. The van der Waals surface area contributed by atoms with Gasteiger partial charge in [0.15, 0.2) is 0 Å². The minimum Gasteiger partial charge on any atom is -0.496 e. The van der Waals surface area contributed by atoms with Crippen LogP contribution >= 0.6 is 0 Å². The van der Waals surface area contributed by atoms with Crippen molar-refractivity contribution in [3.8, 4) is 5.75 Å². The van der Waals surface area contributed by atoms with Crippen molar-refractivity contribution in [2.24, 2.45) is 0 Å². The van der Waals surface area contributed by atoms with Gasteiger partial charge >= 0.3 is 0 Å². The summed E-state index contributed by atoms with van der Waals surface area (Å²) in [5, 5.41) is 3.32. The average Bonchev–Trinajstić information content (AvgIpc) is 3.09. The largest absolute Gasteiger partial charge is 0.496 e. The third-order valence-electron chi connectivity index (χ3n) is 4.77. The molecule has 0 radical (unpaired) electrons. The van der Waals surface area contributed by atoms with E-state index in [1.807, 2.05) is 42.6 Å². The van der Waals surface area contributed by atoms with Gasteiger partial charge in [-0.3, -0.25) is 14.3 Å². The summed E-state index contributed by atoms with van der Waals surface area (Å²) in [5.74, 6) is 0.741. The molecule has 1 aromatic carbocycles. The Bertz CT molecular complexity index is 988. The molecule has 1 aliphatic heterocycles. The van der Waals surface area contributed by atoms with Gasteiger partial charge in [0, 0.05) is 30.1 Å². The van der Waals surface area contributed by atoms with E-state index in [-0.39, 0.29) is 12.3 Å². The van der Waals surface area contributed by atoms with Crippen LogP contribution < -0.4 is 10.1 Å². The van der Waals surface area contributed by atoms with Crippen molar-refractivity contribution in [3.05, 3.63) is 66.0 Å². The van der Waals surface area contributed by atoms with Gasteiger partial charge < -0.3 is 10.1 Å². The number of pyridine rings is 1. The third kappa shape index (κ3) is 3.02. The normalized spacial score (nSPS) is 14.3. The van der Waals surface area contributed by atoms with Crippen LogP contribution in [0.5, 0.6) is 5.75 Å². The minimum atomic E-state index is 0.00767. The molecule has 26 heavy (non-hydrogen) atoms. The van der Waals surface area contributed by atoms with Crippen molar-refractivity contribution in [1.29, 1.82) is 0 Å². The Labute approximate surface area is 152 Å². The quantitative estimate of drug-likeness (QED) is 0.787. The Morgan fingerprint density at radius 3 is 2.96 bits per heavy atom. The molecule has 0 unspecified atom stereocenters. The van der Waals surface area contributed by atoms with Crippen molar-refractivity contribution in [3.63, 3.8) is 0 Å². The van der Waals surface area contributed by atoms with Gasteiger partial charge in [-0.1, -0.05) is 24.3 Å². The number of nitrogens with one attached hydrogen (secondary N) is 1. The van der Waals surface area contributed by atoms with E-state index in [1.165, 1.54) is 5.57 Å². The van der Waals surface area contributed by atoms with Crippen molar-refractivity contribution in [2.75, 3.05) is 20.2 Å². The lowest BCUT2D eigenvalue weighted by atomic mass is 10.0. The molecule has 3 heterocycles. The zero-order chi connectivity index (χ0) is 17.9. The summed E-state index contributed by atoms with van der Waals surface area (Å²) < 4.78 is 7.11. The predicted octanol–water partition coefficient (Wildman–Crippen LogP) is 3.30. The first-order valence-electron chi connectivity index (χ1n) is 8.79.